The monoisotopic (exact) mass is 266 g/mol. The van der Waals surface area contributed by atoms with Crippen molar-refractivity contribution in [2.24, 2.45) is 0 Å². The summed E-state index contributed by atoms with van der Waals surface area (Å²) in [6.07, 6.45) is 1.17. The molecule has 0 fully saturated rings. The Morgan fingerprint density at radius 2 is 1.70 bits per heavy atom. The van der Waals surface area contributed by atoms with Crippen LogP contribution in [-0.4, -0.2) is 25.0 Å². The molecule has 2 aromatic rings. The van der Waals surface area contributed by atoms with E-state index in [0.717, 1.165) is 19.6 Å². The zero-order valence-corrected chi connectivity index (χ0v) is 12.0. The molecular weight excluding hydrogens is 244 g/mol. The van der Waals surface area contributed by atoms with Gasteiger partial charge < -0.3 is 5.32 Å². The fourth-order valence-corrected chi connectivity index (χ4v) is 3.02. The van der Waals surface area contributed by atoms with Crippen LogP contribution < -0.4 is 5.32 Å². The molecule has 104 valence electrons. The average molecular weight is 266 g/mol. The van der Waals surface area contributed by atoms with E-state index in [-0.39, 0.29) is 0 Å². The van der Waals surface area contributed by atoms with Crippen molar-refractivity contribution in [3.8, 4) is 0 Å². The normalized spacial score (nSPS) is 16.6. The number of nitrogens with zero attached hydrogens (tertiary/aromatic N) is 1. The second-order valence-electron chi connectivity index (χ2n) is 5.51. The predicted octanol–water partition coefficient (Wildman–Crippen LogP) is 3.01. The van der Waals surface area contributed by atoms with Crippen LogP contribution in [0, 0.1) is 0 Å². The van der Waals surface area contributed by atoms with Gasteiger partial charge in [0.05, 0.1) is 0 Å². The molecular formula is C18H22N2. The van der Waals surface area contributed by atoms with Crippen molar-refractivity contribution in [1.82, 2.24) is 10.2 Å². The summed E-state index contributed by atoms with van der Waals surface area (Å²) in [5, 5.41) is 3.45. The molecule has 0 unspecified atom stereocenters. The number of hydrogen-bond acceptors (Lipinski definition) is 2. The third-order valence-corrected chi connectivity index (χ3v) is 4.20. The minimum Gasteiger partial charge on any atom is -0.312 e. The van der Waals surface area contributed by atoms with Gasteiger partial charge in [-0.25, -0.2) is 0 Å². The minimum atomic E-state index is 0.404. The van der Waals surface area contributed by atoms with Crippen LogP contribution in [0.25, 0.3) is 0 Å². The van der Waals surface area contributed by atoms with Gasteiger partial charge in [0.1, 0.15) is 0 Å². The van der Waals surface area contributed by atoms with Gasteiger partial charge >= 0.3 is 0 Å². The Kier molecular flexibility index (Phi) is 4.14. The Morgan fingerprint density at radius 3 is 2.45 bits per heavy atom. The molecule has 1 heterocycles. The summed E-state index contributed by atoms with van der Waals surface area (Å²) < 4.78 is 0. The molecule has 3 rings (SSSR count). The molecule has 1 aliphatic rings. The Hall–Kier alpha value is -1.64. The van der Waals surface area contributed by atoms with Crippen molar-refractivity contribution in [3.63, 3.8) is 0 Å². The van der Waals surface area contributed by atoms with Gasteiger partial charge in [-0.05, 0) is 30.2 Å². The van der Waals surface area contributed by atoms with Gasteiger partial charge in [0.2, 0.25) is 0 Å². The lowest BCUT2D eigenvalue weighted by molar-refractivity contribution is 0.228. The molecule has 2 heteroatoms. The van der Waals surface area contributed by atoms with Crippen LogP contribution in [0.5, 0.6) is 0 Å². The van der Waals surface area contributed by atoms with Crippen molar-refractivity contribution < 1.29 is 0 Å². The predicted molar refractivity (Wildman–Crippen MR) is 83.7 cm³/mol. The van der Waals surface area contributed by atoms with E-state index in [2.05, 4.69) is 71.9 Å². The van der Waals surface area contributed by atoms with E-state index in [1.807, 2.05) is 0 Å². The SMILES string of the molecule is CN[C@H](CN1CCc2ccccc2C1)c1ccccc1. The Labute approximate surface area is 121 Å². The molecule has 0 aliphatic carbocycles. The van der Waals surface area contributed by atoms with Crippen molar-refractivity contribution in [3.05, 3.63) is 71.3 Å². The first-order valence-electron chi connectivity index (χ1n) is 7.38. The molecule has 0 saturated heterocycles. The summed E-state index contributed by atoms with van der Waals surface area (Å²) >= 11 is 0. The Bertz CT molecular complexity index is 550. The highest BCUT2D eigenvalue weighted by atomic mass is 15.1. The zero-order valence-electron chi connectivity index (χ0n) is 12.0. The molecule has 0 saturated carbocycles. The molecule has 20 heavy (non-hydrogen) atoms. The molecule has 1 N–H and O–H groups in total. The lowest BCUT2D eigenvalue weighted by Crippen LogP contribution is -2.37. The third-order valence-electron chi connectivity index (χ3n) is 4.20. The molecule has 0 spiro atoms. The van der Waals surface area contributed by atoms with E-state index in [4.69, 9.17) is 0 Å². The molecule has 2 aromatic carbocycles. The standard InChI is InChI=1S/C18H22N2/c1-19-18(16-8-3-2-4-9-16)14-20-12-11-15-7-5-6-10-17(15)13-20/h2-10,18-19H,11-14H2,1H3/t18-/m1/s1. The van der Waals surface area contributed by atoms with Gasteiger partial charge in [-0.2, -0.15) is 0 Å². The highest BCUT2D eigenvalue weighted by molar-refractivity contribution is 5.29. The Balaban J connectivity index is 1.69. The summed E-state index contributed by atoms with van der Waals surface area (Å²) in [6.45, 7) is 3.29. The average Bonchev–Trinajstić information content (AvgIpc) is 2.53. The number of fused-ring (bicyclic) bond motifs is 1. The van der Waals surface area contributed by atoms with Crippen LogP contribution >= 0.6 is 0 Å². The summed E-state index contributed by atoms with van der Waals surface area (Å²) in [5.74, 6) is 0. The van der Waals surface area contributed by atoms with E-state index in [1.165, 1.54) is 23.1 Å². The number of hydrogen-bond donors (Lipinski definition) is 1. The zero-order chi connectivity index (χ0) is 13.8. The quantitative estimate of drug-likeness (QED) is 0.915. The maximum atomic E-state index is 3.45. The van der Waals surface area contributed by atoms with Gasteiger partial charge in [-0.1, -0.05) is 54.6 Å². The number of likely N-dealkylation sites (N-methyl/N-ethyl adjacent to an activating group) is 1. The van der Waals surface area contributed by atoms with Crippen molar-refractivity contribution >= 4 is 0 Å². The second-order valence-corrected chi connectivity index (χ2v) is 5.51. The van der Waals surface area contributed by atoms with Crippen molar-refractivity contribution in [1.29, 1.82) is 0 Å². The van der Waals surface area contributed by atoms with E-state index in [9.17, 15) is 0 Å². The van der Waals surface area contributed by atoms with Gasteiger partial charge in [0, 0.05) is 25.7 Å². The van der Waals surface area contributed by atoms with E-state index in [1.54, 1.807) is 0 Å². The first kappa shape index (κ1) is 13.3. The highest BCUT2D eigenvalue weighted by Crippen LogP contribution is 2.21. The fraction of sp³-hybridized carbons (Fsp3) is 0.333. The lowest BCUT2D eigenvalue weighted by atomic mass is 9.98. The molecule has 0 amide bonds. The van der Waals surface area contributed by atoms with Gasteiger partial charge in [-0.15, -0.1) is 0 Å². The largest absolute Gasteiger partial charge is 0.312 e. The maximum absolute atomic E-state index is 3.45. The van der Waals surface area contributed by atoms with Crippen LogP contribution in [0.3, 0.4) is 0 Å². The third kappa shape index (κ3) is 2.92. The van der Waals surface area contributed by atoms with Crippen LogP contribution in [0.15, 0.2) is 54.6 Å². The fourth-order valence-electron chi connectivity index (χ4n) is 3.02. The molecule has 0 aromatic heterocycles. The Morgan fingerprint density at radius 1 is 1.00 bits per heavy atom. The van der Waals surface area contributed by atoms with Crippen molar-refractivity contribution in [2.45, 2.75) is 19.0 Å². The lowest BCUT2D eigenvalue weighted by Gasteiger charge is -2.32. The van der Waals surface area contributed by atoms with E-state index >= 15 is 0 Å². The second kappa shape index (κ2) is 6.21. The van der Waals surface area contributed by atoms with E-state index in [0.29, 0.717) is 6.04 Å². The van der Waals surface area contributed by atoms with E-state index < -0.39 is 0 Å². The summed E-state index contributed by atoms with van der Waals surface area (Å²) in [6, 6.07) is 19.9. The number of nitrogens with one attached hydrogen (secondary N) is 1. The molecule has 2 nitrogen and oxygen atoms in total. The number of benzene rings is 2. The van der Waals surface area contributed by atoms with Gasteiger partial charge in [-0.3, -0.25) is 4.90 Å². The van der Waals surface area contributed by atoms with Crippen molar-refractivity contribution in [2.75, 3.05) is 20.1 Å². The van der Waals surface area contributed by atoms with Gasteiger partial charge in [0.25, 0.3) is 0 Å². The minimum absolute atomic E-state index is 0.404. The smallest absolute Gasteiger partial charge is 0.0447 e. The maximum Gasteiger partial charge on any atom is 0.0447 e. The summed E-state index contributed by atoms with van der Waals surface area (Å²) in [5.41, 5.74) is 4.37. The van der Waals surface area contributed by atoms with Crippen LogP contribution in [-0.2, 0) is 13.0 Å². The summed E-state index contributed by atoms with van der Waals surface area (Å²) in [4.78, 5) is 2.55. The van der Waals surface area contributed by atoms with Crippen LogP contribution in [0.1, 0.15) is 22.7 Å². The van der Waals surface area contributed by atoms with Crippen LogP contribution in [0.2, 0.25) is 0 Å². The van der Waals surface area contributed by atoms with Gasteiger partial charge in [0.15, 0.2) is 0 Å². The first-order valence-corrected chi connectivity index (χ1v) is 7.38. The first-order chi connectivity index (χ1) is 9.86. The molecule has 1 atom stereocenters. The topological polar surface area (TPSA) is 15.3 Å². The highest BCUT2D eigenvalue weighted by Gasteiger charge is 2.19. The summed E-state index contributed by atoms with van der Waals surface area (Å²) in [7, 11) is 2.05. The molecule has 0 bridgehead atoms. The number of rotatable bonds is 4. The van der Waals surface area contributed by atoms with Crippen LogP contribution in [0.4, 0.5) is 0 Å². The molecule has 1 aliphatic heterocycles. The molecule has 0 radical (unpaired) electrons.